The molecule has 0 saturated carbocycles. The fourth-order valence-electron chi connectivity index (χ4n) is 2.17. The monoisotopic (exact) mass is 238 g/mol. The predicted molar refractivity (Wildman–Crippen MR) is 65.8 cm³/mol. The zero-order chi connectivity index (χ0) is 12.7. The van der Waals surface area contributed by atoms with E-state index in [1.807, 2.05) is 25.1 Å². The smallest absolute Gasteiger partial charge is 0.228 e. The van der Waals surface area contributed by atoms with E-state index in [4.69, 9.17) is 5.26 Å². The third kappa shape index (κ3) is 1.55. The van der Waals surface area contributed by atoms with Crippen molar-refractivity contribution in [2.75, 3.05) is 5.32 Å². The lowest BCUT2D eigenvalue weighted by molar-refractivity contribution is -0.115. The molecular weight excluding hydrogens is 228 g/mol. The maximum atomic E-state index is 11.3. The van der Waals surface area contributed by atoms with Crippen LogP contribution in [-0.4, -0.2) is 15.9 Å². The Hall–Kier alpha value is -2.61. The fraction of sp³-hybridized carbons (Fsp3) is 0.154. The topological polar surface area (TPSA) is 81.6 Å². The van der Waals surface area contributed by atoms with Gasteiger partial charge in [0.25, 0.3) is 0 Å². The lowest BCUT2D eigenvalue weighted by atomic mass is 10.1. The van der Waals surface area contributed by atoms with Gasteiger partial charge < -0.3 is 10.3 Å². The SMILES string of the molecule is Cc1nc(C#N)c(-c2ccc3c(c2)CC(=O)N3)[nH]1. The van der Waals surface area contributed by atoms with Gasteiger partial charge in [-0.3, -0.25) is 4.79 Å². The second-order valence-corrected chi connectivity index (χ2v) is 4.25. The number of benzene rings is 1. The fourth-order valence-corrected chi connectivity index (χ4v) is 2.17. The number of nitriles is 1. The molecule has 1 aromatic carbocycles. The molecule has 0 bridgehead atoms. The van der Waals surface area contributed by atoms with Crippen LogP contribution in [0.25, 0.3) is 11.3 Å². The van der Waals surface area contributed by atoms with E-state index in [-0.39, 0.29) is 5.91 Å². The first kappa shape index (κ1) is 10.5. The number of nitrogens with zero attached hydrogens (tertiary/aromatic N) is 2. The molecule has 0 spiro atoms. The number of H-pyrrole nitrogens is 1. The van der Waals surface area contributed by atoms with E-state index in [2.05, 4.69) is 21.4 Å². The highest BCUT2D eigenvalue weighted by Gasteiger charge is 2.19. The summed E-state index contributed by atoms with van der Waals surface area (Å²) in [5.41, 5.74) is 3.76. The van der Waals surface area contributed by atoms with Gasteiger partial charge >= 0.3 is 0 Å². The Balaban J connectivity index is 2.11. The molecular formula is C13H10N4O. The number of hydrogen-bond acceptors (Lipinski definition) is 3. The third-order valence-electron chi connectivity index (χ3n) is 2.95. The summed E-state index contributed by atoms with van der Waals surface area (Å²) in [5.74, 6) is 0.708. The Labute approximate surface area is 103 Å². The van der Waals surface area contributed by atoms with E-state index in [0.717, 1.165) is 16.8 Å². The van der Waals surface area contributed by atoms with E-state index >= 15 is 0 Å². The van der Waals surface area contributed by atoms with Gasteiger partial charge in [-0.15, -0.1) is 0 Å². The standard InChI is InChI=1S/C13H10N4O/c1-7-15-11(6-14)13(16-7)8-2-3-10-9(4-8)5-12(18)17-10/h2-4H,5H2,1H3,(H,15,16)(H,17,18). The van der Waals surface area contributed by atoms with Crippen molar-refractivity contribution in [1.29, 1.82) is 5.26 Å². The predicted octanol–water partition coefficient (Wildman–Crippen LogP) is 1.75. The highest BCUT2D eigenvalue weighted by Crippen LogP contribution is 2.29. The van der Waals surface area contributed by atoms with E-state index in [1.54, 1.807) is 0 Å². The molecule has 0 radical (unpaired) electrons. The minimum Gasteiger partial charge on any atom is -0.341 e. The lowest BCUT2D eigenvalue weighted by Gasteiger charge is -2.02. The number of rotatable bonds is 1. The Morgan fingerprint density at radius 2 is 2.28 bits per heavy atom. The number of carbonyl (C=O) groups excluding carboxylic acids is 1. The average Bonchev–Trinajstić information content (AvgIpc) is 2.89. The van der Waals surface area contributed by atoms with Gasteiger partial charge in [-0.05, 0) is 24.6 Å². The maximum absolute atomic E-state index is 11.3. The van der Waals surface area contributed by atoms with E-state index in [0.29, 0.717) is 23.6 Å². The van der Waals surface area contributed by atoms with Crippen molar-refractivity contribution >= 4 is 11.6 Å². The van der Waals surface area contributed by atoms with Crippen molar-refractivity contribution in [2.45, 2.75) is 13.3 Å². The van der Waals surface area contributed by atoms with Gasteiger partial charge in [0.1, 0.15) is 11.9 Å². The molecule has 1 aliphatic rings. The van der Waals surface area contributed by atoms with Crippen molar-refractivity contribution in [3.05, 3.63) is 35.3 Å². The molecule has 0 saturated heterocycles. The van der Waals surface area contributed by atoms with Crippen LogP contribution < -0.4 is 5.32 Å². The zero-order valence-corrected chi connectivity index (χ0v) is 9.74. The molecule has 2 aromatic rings. The first-order chi connectivity index (χ1) is 8.67. The Bertz CT molecular complexity index is 694. The van der Waals surface area contributed by atoms with E-state index in [9.17, 15) is 4.79 Å². The number of aromatic nitrogens is 2. The molecule has 1 amide bonds. The normalized spacial score (nSPS) is 13.0. The minimum atomic E-state index is 0.00319. The Morgan fingerprint density at radius 3 is 3.06 bits per heavy atom. The molecule has 18 heavy (non-hydrogen) atoms. The molecule has 5 nitrogen and oxygen atoms in total. The van der Waals surface area contributed by atoms with Gasteiger partial charge in [0.2, 0.25) is 5.91 Å². The van der Waals surface area contributed by atoms with Crippen LogP contribution in [0.5, 0.6) is 0 Å². The molecule has 88 valence electrons. The van der Waals surface area contributed by atoms with Crippen LogP contribution in [-0.2, 0) is 11.2 Å². The molecule has 5 heteroatoms. The van der Waals surface area contributed by atoms with Crippen LogP contribution in [0, 0.1) is 18.3 Å². The minimum absolute atomic E-state index is 0.00319. The summed E-state index contributed by atoms with van der Waals surface area (Å²) in [6.45, 7) is 1.81. The average molecular weight is 238 g/mol. The van der Waals surface area contributed by atoms with Crippen LogP contribution in [0.3, 0.4) is 0 Å². The summed E-state index contributed by atoms with van der Waals surface area (Å²) in [4.78, 5) is 18.5. The number of fused-ring (bicyclic) bond motifs is 1. The van der Waals surface area contributed by atoms with Crippen molar-refractivity contribution in [2.24, 2.45) is 0 Å². The van der Waals surface area contributed by atoms with Gasteiger partial charge in [-0.25, -0.2) is 4.98 Å². The number of imidazole rings is 1. The summed E-state index contributed by atoms with van der Waals surface area (Å²) in [7, 11) is 0. The van der Waals surface area contributed by atoms with Crippen LogP contribution in [0.1, 0.15) is 17.1 Å². The van der Waals surface area contributed by atoms with Crippen LogP contribution in [0.2, 0.25) is 0 Å². The number of aromatic amines is 1. The van der Waals surface area contributed by atoms with Gasteiger partial charge in [0.15, 0.2) is 5.69 Å². The number of nitrogens with one attached hydrogen (secondary N) is 2. The van der Waals surface area contributed by atoms with Gasteiger partial charge in [-0.1, -0.05) is 6.07 Å². The van der Waals surface area contributed by atoms with Crippen LogP contribution in [0.4, 0.5) is 5.69 Å². The maximum Gasteiger partial charge on any atom is 0.228 e. The first-order valence-corrected chi connectivity index (χ1v) is 5.57. The number of anilines is 1. The quantitative estimate of drug-likeness (QED) is 0.794. The summed E-state index contributed by atoms with van der Waals surface area (Å²) >= 11 is 0. The number of aryl methyl sites for hydroxylation is 1. The number of carbonyl (C=O) groups is 1. The molecule has 0 aliphatic carbocycles. The second kappa shape index (κ2) is 3.70. The van der Waals surface area contributed by atoms with Crippen molar-refractivity contribution in [3.8, 4) is 17.3 Å². The zero-order valence-electron chi connectivity index (χ0n) is 9.74. The highest BCUT2D eigenvalue weighted by molar-refractivity contribution is 5.99. The largest absolute Gasteiger partial charge is 0.341 e. The summed E-state index contributed by atoms with van der Waals surface area (Å²) in [5, 5.41) is 11.8. The molecule has 2 heterocycles. The molecule has 2 N–H and O–H groups in total. The lowest BCUT2D eigenvalue weighted by Crippen LogP contribution is -2.03. The first-order valence-electron chi connectivity index (χ1n) is 5.57. The number of amides is 1. The van der Waals surface area contributed by atoms with Crippen molar-refractivity contribution in [1.82, 2.24) is 9.97 Å². The highest BCUT2D eigenvalue weighted by atomic mass is 16.1. The number of hydrogen-bond donors (Lipinski definition) is 2. The van der Waals surface area contributed by atoms with E-state index < -0.39 is 0 Å². The molecule has 0 unspecified atom stereocenters. The van der Waals surface area contributed by atoms with Crippen molar-refractivity contribution < 1.29 is 4.79 Å². The Morgan fingerprint density at radius 1 is 1.44 bits per heavy atom. The van der Waals surface area contributed by atoms with Gasteiger partial charge in [0, 0.05) is 11.3 Å². The van der Waals surface area contributed by atoms with Crippen molar-refractivity contribution in [3.63, 3.8) is 0 Å². The molecule has 1 aliphatic heterocycles. The van der Waals surface area contributed by atoms with Gasteiger partial charge in [-0.2, -0.15) is 5.26 Å². The third-order valence-corrected chi connectivity index (χ3v) is 2.95. The van der Waals surface area contributed by atoms with Gasteiger partial charge in [0.05, 0.1) is 12.1 Å². The molecule has 1 aromatic heterocycles. The summed E-state index contributed by atoms with van der Waals surface area (Å²) in [6, 6.07) is 7.71. The molecule has 3 rings (SSSR count). The summed E-state index contributed by atoms with van der Waals surface area (Å²) < 4.78 is 0. The second-order valence-electron chi connectivity index (χ2n) is 4.25. The summed E-state index contributed by atoms with van der Waals surface area (Å²) in [6.07, 6.45) is 0.387. The Kier molecular flexibility index (Phi) is 2.17. The van der Waals surface area contributed by atoms with Crippen LogP contribution in [0.15, 0.2) is 18.2 Å². The van der Waals surface area contributed by atoms with Crippen LogP contribution >= 0.6 is 0 Å². The molecule has 0 atom stereocenters. The van der Waals surface area contributed by atoms with E-state index in [1.165, 1.54) is 0 Å². The molecule has 0 fully saturated rings.